The van der Waals surface area contributed by atoms with Crippen molar-refractivity contribution in [3.63, 3.8) is 0 Å². The SMILES string of the molecule is CNC(=O)c1cc(S(=O)(=O)N(C)CC(C)O)cn1C. The number of carbonyl (C=O) groups excluding carboxylic acids is 1. The molecule has 0 saturated carbocycles. The Bertz CT molecular complexity index is 562. The second-order valence-electron chi connectivity index (χ2n) is 4.39. The van der Waals surface area contributed by atoms with Crippen LogP contribution in [0.15, 0.2) is 17.2 Å². The summed E-state index contributed by atoms with van der Waals surface area (Å²) in [5.74, 6) is -0.359. The molecule has 1 unspecified atom stereocenters. The molecule has 19 heavy (non-hydrogen) atoms. The van der Waals surface area contributed by atoms with Crippen molar-refractivity contribution in [1.82, 2.24) is 14.2 Å². The van der Waals surface area contributed by atoms with E-state index in [2.05, 4.69) is 5.32 Å². The van der Waals surface area contributed by atoms with Gasteiger partial charge in [0.15, 0.2) is 0 Å². The Labute approximate surface area is 112 Å². The summed E-state index contributed by atoms with van der Waals surface area (Å²) in [5, 5.41) is 11.7. The maximum Gasteiger partial charge on any atom is 0.267 e. The smallest absolute Gasteiger partial charge is 0.267 e. The summed E-state index contributed by atoms with van der Waals surface area (Å²) >= 11 is 0. The van der Waals surface area contributed by atoms with E-state index in [0.29, 0.717) is 0 Å². The van der Waals surface area contributed by atoms with Gasteiger partial charge in [-0.3, -0.25) is 4.79 Å². The average Bonchev–Trinajstić information content (AvgIpc) is 2.70. The lowest BCUT2D eigenvalue weighted by Gasteiger charge is -2.17. The standard InChI is InChI=1S/C11H19N3O4S/c1-8(15)6-14(4)19(17,18)9-5-10(11(16)12-2)13(3)7-9/h5,7-8,15H,6H2,1-4H3,(H,12,16). The molecule has 0 aromatic carbocycles. The van der Waals surface area contributed by atoms with E-state index < -0.39 is 16.1 Å². The first kappa shape index (κ1) is 15.7. The van der Waals surface area contributed by atoms with Gasteiger partial charge in [0.05, 0.1) is 6.10 Å². The molecule has 0 fully saturated rings. The number of nitrogens with zero attached hydrogens (tertiary/aromatic N) is 2. The van der Waals surface area contributed by atoms with E-state index in [4.69, 9.17) is 0 Å². The number of nitrogens with one attached hydrogen (secondary N) is 1. The number of hydrogen-bond donors (Lipinski definition) is 2. The van der Waals surface area contributed by atoms with E-state index in [1.54, 1.807) is 7.05 Å². The molecule has 1 aromatic heterocycles. The minimum Gasteiger partial charge on any atom is -0.392 e. The maximum absolute atomic E-state index is 12.2. The second-order valence-corrected chi connectivity index (χ2v) is 6.43. The highest BCUT2D eigenvalue weighted by Crippen LogP contribution is 2.17. The molecule has 1 rings (SSSR count). The molecule has 8 heteroatoms. The van der Waals surface area contributed by atoms with Crippen molar-refractivity contribution in [3.05, 3.63) is 18.0 Å². The van der Waals surface area contributed by atoms with Gasteiger partial charge >= 0.3 is 0 Å². The average molecular weight is 289 g/mol. The zero-order chi connectivity index (χ0) is 14.8. The van der Waals surface area contributed by atoms with Gasteiger partial charge in [-0.2, -0.15) is 4.31 Å². The first-order valence-electron chi connectivity index (χ1n) is 5.73. The minimum atomic E-state index is -3.70. The van der Waals surface area contributed by atoms with Gasteiger partial charge in [-0.25, -0.2) is 8.42 Å². The van der Waals surface area contributed by atoms with Crippen molar-refractivity contribution in [2.45, 2.75) is 17.9 Å². The molecule has 108 valence electrons. The van der Waals surface area contributed by atoms with Gasteiger partial charge < -0.3 is 15.0 Å². The molecule has 0 bridgehead atoms. The van der Waals surface area contributed by atoms with Gasteiger partial charge in [-0.15, -0.1) is 0 Å². The number of sulfonamides is 1. The Morgan fingerprint density at radius 3 is 2.63 bits per heavy atom. The summed E-state index contributed by atoms with van der Waals surface area (Å²) in [6.45, 7) is 1.50. The van der Waals surface area contributed by atoms with Crippen molar-refractivity contribution in [2.75, 3.05) is 20.6 Å². The predicted molar refractivity (Wildman–Crippen MR) is 70.3 cm³/mol. The van der Waals surface area contributed by atoms with Gasteiger partial charge in [0.1, 0.15) is 10.6 Å². The van der Waals surface area contributed by atoms with E-state index in [-0.39, 0.29) is 23.0 Å². The van der Waals surface area contributed by atoms with Crippen LogP contribution in [-0.2, 0) is 17.1 Å². The Kier molecular flexibility index (Phi) is 4.72. The molecule has 0 spiro atoms. The third kappa shape index (κ3) is 3.34. The second kappa shape index (κ2) is 5.72. The van der Waals surface area contributed by atoms with Crippen LogP contribution in [0.2, 0.25) is 0 Å². The van der Waals surface area contributed by atoms with E-state index >= 15 is 0 Å². The molecule has 0 aliphatic carbocycles. The van der Waals surface area contributed by atoms with Crippen LogP contribution in [0.5, 0.6) is 0 Å². The van der Waals surface area contributed by atoms with Crippen LogP contribution in [0, 0.1) is 0 Å². The van der Waals surface area contributed by atoms with Gasteiger partial charge in [0.2, 0.25) is 10.0 Å². The number of aliphatic hydroxyl groups excluding tert-OH is 1. The fourth-order valence-electron chi connectivity index (χ4n) is 1.68. The molecule has 1 aromatic rings. The van der Waals surface area contributed by atoms with Crippen LogP contribution in [0.25, 0.3) is 0 Å². The zero-order valence-electron chi connectivity index (χ0n) is 11.4. The van der Waals surface area contributed by atoms with Gasteiger partial charge in [0, 0.05) is 33.9 Å². The number of aryl methyl sites for hydroxylation is 1. The van der Waals surface area contributed by atoms with Crippen molar-refractivity contribution in [3.8, 4) is 0 Å². The van der Waals surface area contributed by atoms with Crippen molar-refractivity contribution in [2.24, 2.45) is 7.05 Å². The summed E-state index contributed by atoms with van der Waals surface area (Å²) in [6, 6.07) is 1.31. The van der Waals surface area contributed by atoms with Crippen LogP contribution in [0.3, 0.4) is 0 Å². The van der Waals surface area contributed by atoms with E-state index in [1.807, 2.05) is 0 Å². The minimum absolute atomic E-state index is 0.00741. The lowest BCUT2D eigenvalue weighted by atomic mass is 10.4. The molecular formula is C11H19N3O4S. The monoisotopic (exact) mass is 289 g/mol. The third-order valence-corrected chi connectivity index (χ3v) is 4.46. The van der Waals surface area contributed by atoms with Crippen molar-refractivity contribution in [1.29, 1.82) is 0 Å². The van der Waals surface area contributed by atoms with E-state index in [1.165, 1.54) is 37.8 Å². The summed E-state index contributed by atoms with van der Waals surface area (Å²) < 4.78 is 26.9. The summed E-state index contributed by atoms with van der Waals surface area (Å²) in [7, 11) is 0.749. The molecule has 1 amide bonds. The van der Waals surface area contributed by atoms with Gasteiger partial charge in [0.25, 0.3) is 5.91 Å². The van der Waals surface area contributed by atoms with Crippen LogP contribution in [-0.4, -0.2) is 55.0 Å². The molecule has 0 radical (unpaired) electrons. The van der Waals surface area contributed by atoms with Gasteiger partial charge in [-0.1, -0.05) is 0 Å². The number of hydrogen-bond acceptors (Lipinski definition) is 4. The molecule has 7 nitrogen and oxygen atoms in total. The first-order chi connectivity index (χ1) is 8.70. The lowest BCUT2D eigenvalue weighted by Crippen LogP contribution is -2.32. The fraction of sp³-hybridized carbons (Fsp3) is 0.545. The fourth-order valence-corrected chi connectivity index (χ4v) is 3.00. The third-order valence-electron chi connectivity index (χ3n) is 2.67. The number of carbonyl (C=O) groups is 1. The number of aromatic nitrogens is 1. The highest BCUT2D eigenvalue weighted by molar-refractivity contribution is 7.89. The number of likely N-dealkylation sites (N-methyl/N-ethyl adjacent to an activating group) is 1. The van der Waals surface area contributed by atoms with Gasteiger partial charge in [-0.05, 0) is 13.0 Å². The van der Waals surface area contributed by atoms with Crippen LogP contribution in [0.1, 0.15) is 17.4 Å². The summed E-state index contributed by atoms with van der Waals surface area (Å²) in [4.78, 5) is 11.6. The highest BCUT2D eigenvalue weighted by atomic mass is 32.2. The number of rotatable bonds is 5. The lowest BCUT2D eigenvalue weighted by molar-refractivity contribution is 0.0955. The molecular weight excluding hydrogens is 270 g/mol. The maximum atomic E-state index is 12.2. The predicted octanol–water partition coefficient (Wildman–Crippen LogP) is -0.614. The summed E-state index contributed by atoms with van der Waals surface area (Å²) in [5.41, 5.74) is 0.256. The molecule has 0 saturated heterocycles. The quantitative estimate of drug-likeness (QED) is 0.756. The normalized spacial score (nSPS) is 13.6. The van der Waals surface area contributed by atoms with Crippen LogP contribution < -0.4 is 5.32 Å². The Hall–Kier alpha value is -1.38. The van der Waals surface area contributed by atoms with Crippen molar-refractivity contribution >= 4 is 15.9 Å². The Balaban J connectivity index is 3.13. The van der Waals surface area contributed by atoms with E-state index in [0.717, 1.165) is 4.31 Å². The summed E-state index contributed by atoms with van der Waals surface area (Å²) in [6.07, 6.45) is 0.611. The highest BCUT2D eigenvalue weighted by Gasteiger charge is 2.25. The topological polar surface area (TPSA) is 91.6 Å². The molecule has 2 N–H and O–H groups in total. The van der Waals surface area contributed by atoms with E-state index in [9.17, 15) is 18.3 Å². The van der Waals surface area contributed by atoms with Crippen LogP contribution >= 0.6 is 0 Å². The molecule has 1 atom stereocenters. The number of amides is 1. The van der Waals surface area contributed by atoms with Crippen LogP contribution in [0.4, 0.5) is 0 Å². The largest absolute Gasteiger partial charge is 0.392 e. The zero-order valence-corrected chi connectivity index (χ0v) is 12.2. The van der Waals surface area contributed by atoms with Crippen molar-refractivity contribution < 1.29 is 18.3 Å². The molecule has 0 aliphatic rings. The molecule has 0 aliphatic heterocycles. The number of aliphatic hydroxyl groups is 1. The Morgan fingerprint density at radius 1 is 1.58 bits per heavy atom. The first-order valence-corrected chi connectivity index (χ1v) is 7.17. The Morgan fingerprint density at radius 2 is 2.16 bits per heavy atom. The molecule has 1 heterocycles.